The number of allylic oxidation sites excluding steroid dienone is 3. The molecular formula is C14H10O2S2. The summed E-state index contributed by atoms with van der Waals surface area (Å²) in [7, 11) is 0. The van der Waals surface area contributed by atoms with Crippen LogP contribution in [0.15, 0.2) is 43.9 Å². The Morgan fingerprint density at radius 2 is 1.28 bits per heavy atom. The summed E-state index contributed by atoms with van der Waals surface area (Å²) in [5, 5.41) is 0. The molecule has 0 atom stereocenters. The van der Waals surface area contributed by atoms with E-state index in [0.29, 0.717) is 16.7 Å². The van der Waals surface area contributed by atoms with Crippen LogP contribution in [0.1, 0.15) is 34.6 Å². The summed E-state index contributed by atoms with van der Waals surface area (Å²) < 4.78 is 0.830. The number of hydrogen-bond donors (Lipinski definition) is 0. The van der Waals surface area contributed by atoms with Crippen LogP contribution in [0.4, 0.5) is 0 Å². The predicted molar refractivity (Wildman–Crippen MR) is 75.7 cm³/mol. The Bertz CT molecular complexity index is 601. The lowest BCUT2D eigenvalue weighted by Crippen LogP contribution is -2.02. The fourth-order valence-corrected chi connectivity index (χ4v) is 4.57. The maximum absolute atomic E-state index is 12.3. The Labute approximate surface area is 114 Å². The zero-order chi connectivity index (χ0) is 12.9. The number of thioether (sulfide) groups is 2. The maximum Gasteiger partial charge on any atom is 0.199 e. The number of carbonyl (C=O) groups is 2. The monoisotopic (exact) mass is 274 g/mol. The molecule has 90 valence electrons. The van der Waals surface area contributed by atoms with E-state index in [-0.39, 0.29) is 11.6 Å². The van der Waals surface area contributed by atoms with Gasteiger partial charge in [-0.15, -0.1) is 0 Å². The van der Waals surface area contributed by atoms with E-state index in [2.05, 4.69) is 0 Å². The topological polar surface area (TPSA) is 34.1 Å². The number of rotatable bonds is 0. The van der Waals surface area contributed by atoms with Crippen LogP contribution < -0.4 is 0 Å². The number of fused-ring (bicyclic) bond motifs is 1. The highest BCUT2D eigenvalue weighted by atomic mass is 32.2. The second-order valence-corrected chi connectivity index (χ2v) is 6.89. The number of Topliss-reactive ketones (excluding diaryl/α,β-unsaturated/α-hetero) is 2. The molecule has 4 heteroatoms. The third kappa shape index (κ3) is 1.60. The van der Waals surface area contributed by atoms with Crippen molar-refractivity contribution >= 4 is 35.1 Å². The Morgan fingerprint density at radius 3 is 1.72 bits per heavy atom. The molecule has 0 amide bonds. The van der Waals surface area contributed by atoms with Gasteiger partial charge in [-0.2, -0.15) is 0 Å². The summed E-state index contributed by atoms with van der Waals surface area (Å²) in [5.74, 6) is -0.263. The van der Waals surface area contributed by atoms with E-state index in [1.54, 1.807) is 24.3 Å². The quantitative estimate of drug-likeness (QED) is 0.529. The van der Waals surface area contributed by atoms with E-state index in [0.717, 1.165) is 4.24 Å². The highest BCUT2D eigenvalue weighted by Crippen LogP contribution is 2.51. The van der Waals surface area contributed by atoms with Crippen LogP contribution in [0, 0.1) is 0 Å². The van der Waals surface area contributed by atoms with Gasteiger partial charge in [0.25, 0.3) is 0 Å². The molecule has 18 heavy (non-hydrogen) atoms. The molecule has 0 spiro atoms. The molecule has 1 aromatic rings. The van der Waals surface area contributed by atoms with Crippen LogP contribution in [-0.4, -0.2) is 11.6 Å². The van der Waals surface area contributed by atoms with Gasteiger partial charge in [0.15, 0.2) is 11.6 Å². The summed E-state index contributed by atoms with van der Waals surface area (Å²) in [6.07, 6.45) is 0. The van der Waals surface area contributed by atoms with E-state index in [1.165, 1.54) is 33.3 Å². The van der Waals surface area contributed by atoms with Crippen molar-refractivity contribution in [1.82, 2.24) is 0 Å². The third-order valence-corrected chi connectivity index (χ3v) is 5.69. The molecule has 2 aliphatic rings. The molecule has 1 aliphatic heterocycles. The molecule has 0 fully saturated rings. The van der Waals surface area contributed by atoms with Crippen LogP contribution in [0.25, 0.3) is 0 Å². The molecule has 0 saturated heterocycles. The summed E-state index contributed by atoms with van der Waals surface area (Å²) >= 11 is 3.06. The highest BCUT2D eigenvalue weighted by molar-refractivity contribution is 8.28. The maximum atomic E-state index is 12.3. The number of hydrogen-bond acceptors (Lipinski definition) is 4. The average Bonchev–Trinajstić information content (AvgIpc) is 2.80. The Morgan fingerprint density at radius 1 is 0.833 bits per heavy atom. The van der Waals surface area contributed by atoms with E-state index < -0.39 is 0 Å². The summed E-state index contributed by atoms with van der Waals surface area (Å²) in [6.45, 7) is 4.02. The molecule has 1 heterocycles. The normalized spacial score (nSPS) is 19.0. The predicted octanol–water partition coefficient (Wildman–Crippen LogP) is 4.01. The van der Waals surface area contributed by atoms with E-state index >= 15 is 0 Å². The van der Waals surface area contributed by atoms with Gasteiger partial charge >= 0.3 is 0 Å². The lowest BCUT2D eigenvalue weighted by molar-refractivity contribution is 0.0989. The first kappa shape index (κ1) is 11.8. The van der Waals surface area contributed by atoms with Crippen molar-refractivity contribution in [3.05, 3.63) is 55.0 Å². The van der Waals surface area contributed by atoms with Crippen LogP contribution >= 0.6 is 23.5 Å². The molecule has 1 aromatic carbocycles. The van der Waals surface area contributed by atoms with Crippen molar-refractivity contribution in [2.75, 3.05) is 0 Å². The van der Waals surface area contributed by atoms with Gasteiger partial charge in [0.05, 0.1) is 9.81 Å². The standard InChI is InChI=1S/C14H10O2S2/c1-7-8(2)18-14(17-7)11-12(15)9-5-3-4-6-10(9)13(11)16/h3-6H,1-2H3. The Kier molecular flexibility index (Phi) is 2.72. The van der Waals surface area contributed by atoms with Crippen LogP contribution in [0.3, 0.4) is 0 Å². The molecule has 3 rings (SSSR count). The molecule has 2 nitrogen and oxygen atoms in total. The van der Waals surface area contributed by atoms with Crippen molar-refractivity contribution in [2.24, 2.45) is 0 Å². The van der Waals surface area contributed by atoms with Crippen molar-refractivity contribution in [3.8, 4) is 0 Å². The zero-order valence-electron chi connectivity index (χ0n) is 9.94. The van der Waals surface area contributed by atoms with Crippen LogP contribution in [0.2, 0.25) is 0 Å². The second kappa shape index (κ2) is 4.14. The van der Waals surface area contributed by atoms with Crippen LogP contribution in [-0.2, 0) is 0 Å². The van der Waals surface area contributed by atoms with Crippen molar-refractivity contribution < 1.29 is 9.59 Å². The van der Waals surface area contributed by atoms with Gasteiger partial charge in [-0.25, -0.2) is 0 Å². The van der Waals surface area contributed by atoms with Gasteiger partial charge in [0, 0.05) is 11.1 Å². The fourth-order valence-electron chi connectivity index (χ4n) is 1.98. The smallest absolute Gasteiger partial charge is 0.199 e. The van der Waals surface area contributed by atoms with Gasteiger partial charge < -0.3 is 0 Å². The summed E-state index contributed by atoms with van der Waals surface area (Å²) in [6, 6.07) is 7.03. The SMILES string of the molecule is CC1=C(C)SC(=C2C(=O)c3ccccc3C2=O)S1. The minimum atomic E-state index is -0.131. The Hall–Kier alpha value is -1.26. The molecule has 0 unspecified atom stereocenters. The highest BCUT2D eigenvalue weighted by Gasteiger charge is 2.37. The van der Waals surface area contributed by atoms with Crippen molar-refractivity contribution in [3.63, 3.8) is 0 Å². The average molecular weight is 274 g/mol. The zero-order valence-corrected chi connectivity index (χ0v) is 11.6. The third-order valence-electron chi connectivity index (χ3n) is 3.06. The largest absolute Gasteiger partial charge is 0.288 e. The van der Waals surface area contributed by atoms with Gasteiger partial charge in [0.1, 0.15) is 0 Å². The molecule has 1 aliphatic carbocycles. The van der Waals surface area contributed by atoms with Gasteiger partial charge in [-0.3, -0.25) is 9.59 Å². The number of carbonyl (C=O) groups excluding carboxylic acids is 2. The number of ketones is 2. The minimum Gasteiger partial charge on any atom is -0.288 e. The fraction of sp³-hybridized carbons (Fsp3) is 0.143. The molecule has 0 aromatic heterocycles. The van der Waals surface area contributed by atoms with Crippen LogP contribution in [0.5, 0.6) is 0 Å². The van der Waals surface area contributed by atoms with Gasteiger partial charge in [0.2, 0.25) is 0 Å². The summed E-state index contributed by atoms with van der Waals surface area (Å²) in [5.41, 5.74) is 1.42. The molecule has 0 radical (unpaired) electrons. The lowest BCUT2D eigenvalue weighted by atomic mass is 10.1. The number of benzene rings is 1. The minimum absolute atomic E-state index is 0.131. The van der Waals surface area contributed by atoms with E-state index in [4.69, 9.17) is 0 Å². The summed E-state index contributed by atoms with van der Waals surface area (Å²) in [4.78, 5) is 26.9. The van der Waals surface area contributed by atoms with Crippen molar-refractivity contribution in [1.29, 1.82) is 0 Å². The van der Waals surface area contributed by atoms with E-state index in [1.807, 2.05) is 13.8 Å². The van der Waals surface area contributed by atoms with Gasteiger partial charge in [-0.05, 0) is 23.7 Å². The lowest BCUT2D eigenvalue weighted by Gasteiger charge is -1.99. The molecular weight excluding hydrogens is 264 g/mol. The van der Waals surface area contributed by atoms with Crippen molar-refractivity contribution in [2.45, 2.75) is 13.8 Å². The first-order chi connectivity index (χ1) is 8.59. The molecule has 0 N–H and O–H groups in total. The Balaban J connectivity index is 2.12. The molecule has 0 saturated carbocycles. The first-order valence-electron chi connectivity index (χ1n) is 5.55. The second-order valence-electron chi connectivity index (χ2n) is 4.18. The van der Waals surface area contributed by atoms with Gasteiger partial charge in [-0.1, -0.05) is 47.8 Å². The first-order valence-corrected chi connectivity index (χ1v) is 7.19. The van der Waals surface area contributed by atoms with E-state index in [9.17, 15) is 9.59 Å². The molecule has 0 bridgehead atoms.